The minimum atomic E-state index is -0.720. The SMILES string of the molecule is COC(=O)[C@H]1ON(c2ccccc2)[C@@H](c2ccccc2)[C@@H]1c1ccccc1. The Labute approximate surface area is 158 Å². The lowest BCUT2D eigenvalue weighted by atomic mass is 9.83. The fourth-order valence-electron chi connectivity index (χ4n) is 3.69. The summed E-state index contributed by atoms with van der Waals surface area (Å²) >= 11 is 0. The number of rotatable bonds is 4. The van der Waals surface area contributed by atoms with Crippen molar-refractivity contribution in [2.24, 2.45) is 0 Å². The minimum absolute atomic E-state index is 0.153. The van der Waals surface area contributed by atoms with Crippen LogP contribution >= 0.6 is 0 Å². The number of ether oxygens (including phenoxy) is 1. The van der Waals surface area contributed by atoms with Crippen LogP contribution in [0.4, 0.5) is 5.69 Å². The van der Waals surface area contributed by atoms with Crippen LogP contribution < -0.4 is 5.06 Å². The first-order chi connectivity index (χ1) is 13.3. The quantitative estimate of drug-likeness (QED) is 0.643. The van der Waals surface area contributed by atoms with Gasteiger partial charge in [0.1, 0.15) is 0 Å². The van der Waals surface area contributed by atoms with Gasteiger partial charge in [-0.2, -0.15) is 0 Å². The highest BCUT2D eigenvalue weighted by molar-refractivity contribution is 5.77. The summed E-state index contributed by atoms with van der Waals surface area (Å²) in [4.78, 5) is 18.8. The van der Waals surface area contributed by atoms with Crippen LogP contribution in [-0.4, -0.2) is 19.2 Å². The van der Waals surface area contributed by atoms with Gasteiger partial charge in [0.25, 0.3) is 0 Å². The zero-order chi connectivity index (χ0) is 18.6. The maximum atomic E-state index is 12.6. The molecule has 4 nitrogen and oxygen atoms in total. The zero-order valence-corrected chi connectivity index (χ0v) is 15.1. The van der Waals surface area contributed by atoms with Gasteiger partial charge < -0.3 is 4.74 Å². The first-order valence-corrected chi connectivity index (χ1v) is 8.98. The van der Waals surface area contributed by atoms with E-state index in [1.165, 1.54) is 7.11 Å². The van der Waals surface area contributed by atoms with Crippen molar-refractivity contribution in [2.75, 3.05) is 12.2 Å². The molecule has 0 aliphatic carbocycles. The Morgan fingerprint density at radius 2 is 1.33 bits per heavy atom. The van der Waals surface area contributed by atoms with Crippen molar-refractivity contribution in [1.82, 2.24) is 0 Å². The van der Waals surface area contributed by atoms with Crippen molar-refractivity contribution in [3.8, 4) is 0 Å². The van der Waals surface area contributed by atoms with E-state index in [2.05, 4.69) is 12.1 Å². The molecule has 3 atom stereocenters. The molecule has 136 valence electrons. The van der Waals surface area contributed by atoms with E-state index >= 15 is 0 Å². The molecule has 1 aliphatic rings. The van der Waals surface area contributed by atoms with Gasteiger partial charge in [-0.25, -0.2) is 9.86 Å². The van der Waals surface area contributed by atoms with Gasteiger partial charge in [-0.3, -0.25) is 4.84 Å². The fraction of sp³-hybridized carbons (Fsp3) is 0.174. The van der Waals surface area contributed by atoms with E-state index in [-0.39, 0.29) is 17.9 Å². The van der Waals surface area contributed by atoms with Gasteiger partial charge in [0, 0.05) is 0 Å². The third-order valence-electron chi connectivity index (χ3n) is 4.92. The summed E-state index contributed by atoms with van der Waals surface area (Å²) in [5.74, 6) is -0.565. The van der Waals surface area contributed by atoms with Gasteiger partial charge in [-0.15, -0.1) is 0 Å². The molecule has 1 aliphatic heterocycles. The van der Waals surface area contributed by atoms with Gasteiger partial charge in [-0.1, -0.05) is 78.9 Å². The standard InChI is InChI=1S/C23H21NO3/c1-26-23(25)22-20(17-11-5-2-6-12-17)21(18-13-7-3-8-14-18)24(27-22)19-15-9-4-10-16-19/h2-16,20-22H,1H3/t20-,21-,22-/m0/s1. The lowest BCUT2D eigenvalue weighted by Crippen LogP contribution is -2.28. The first kappa shape index (κ1) is 17.3. The molecule has 0 spiro atoms. The summed E-state index contributed by atoms with van der Waals surface area (Å²) in [6.07, 6.45) is -0.720. The molecule has 3 aromatic carbocycles. The molecule has 4 rings (SSSR count). The van der Waals surface area contributed by atoms with Crippen molar-refractivity contribution in [3.05, 3.63) is 102 Å². The molecule has 1 heterocycles. The second-order valence-corrected chi connectivity index (χ2v) is 6.50. The molecule has 27 heavy (non-hydrogen) atoms. The number of esters is 1. The fourth-order valence-corrected chi connectivity index (χ4v) is 3.69. The molecule has 0 radical (unpaired) electrons. The second kappa shape index (κ2) is 7.64. The summed E-state index contributed by atoms with van der Waals surface area (Å²) in [6.45, 7) is 0. The Morgan fingerprint density at radius 1 is 0.815 bits per heavy atom. The molecule has 1 fully saturated rings. The lowest BCUT2D eigenvalue weighted by molar-refractivity contribution is -0.152. The van der Waals surface area contributed by atoms with E-state index in [1.54, 1.807) is 0 Å². The predicted octanol–water partition coefficient (Wildman–Crippen LogP) is 4.50. The molecule has 0 N–H and O–H groups in total. The molecule has 0 bridgehead atoms. The van der Waals surface area contributed by atoms with E-state index < -0.39 is 6.10 Å². The van der Waals surface area contributed by atoms with Crippen LogP contribution in [0, 0.1) is 0 Å². The van der Waals surface area contributed by atoms with Crippen molar-refractivity contribution in [2.45, 2.75) is 18.1 Å². The van der Waals surface area contributed by atoms with Crippen LogP contribution in [0.25, 0.3) is 0 Å². The largest absolute Gasteiger partial charge is 0.467 e. The van der Waals surface area contributed by atoms with Crippen molar-refractivity contribution in [1.29, 1.82) is 0 Å². The average molecular weight is 359 g/mol. The number of para-hydroxylation sites is 1. The Balaban J connectivity index is 1.86. The van der Waals surface area contributed by atoms with Crippen LogP contribution in [0.1, 0.15) is 23.1 Å². The van der Waals surface area contributed by atoms with Gasteiger partial charge in [0.2, 0.25) is 0 Å². The summed E-state index contributed by atoms with van der Waals surface area (Å²) in [5, 5.41) is 1.84. The van der Waals surface area contributed by atoms with Gasteiger partial charge in [0.05, 0.1) is 24.8 Å². The number of hydrogen-bond donors (Lipinski definition) is 0. The lowest BCUT2D eigenvalue weighted by Gasteiger charge is -2.27. The van der Waals surface area contributed by atoms with Crippen molar-refractivity contribution in [3.63, 3.8) is 0 Å². The molecule has 0 unspecified atom stereocenters. The molecular formula is C23H21NO3. The van der Waals surface area contributed by atoms with Crippen molar-refractivity contribution < 1.29 is 14.4 Å². The Morgan fingerprint density at radius 3 is 1.89 bits per heavy atom. The summed E-state index contributed by atoms with van der Waals surface area (Å²) in [6, 6.07) is 29.8. The molecule has 3 aromatic rings. The Hall–Kier alpha value is -3.11. The molecule has 0 aromatic heterocycles. The van der Waals surface area contributed by atoms with E-state index in [9.17, 15) is 4.79 Å². The van der Waals surface area contributed by atoms with Gasteiger partial charge in [-0.05, 0) is 23.3 Å². The maximum Gasteiger partial charge on any atom is 0.338 e. The van der Waals surface area contributed by atoms with E-state index in [0.29, 0.717) is 0 Å². The molecule has 0 amide bonds. The maximum absolute atomic E-state index is 12.6. The summed E-state index contributed by atoms with van der Waals surface area (Å²) in [5.41, 5.74) is 3.03. The zero-order valence-electron chi connectivity index (χ0n) is 15.1. The van der Waals surface area contributed by atoms with Crippen LogP contribution in [0.5, 0.6) is 0 Å². The highest BCUT2D eigenvalue weighted by Crippen LogP contribution is 2.47. The second-order valence-electron chi connectivity index (χ2n) is 6.50. The number of anilines is 1. The number of carbonyl (C=O) groups is 1. The predicted molar refractivity (Wildman–Crippen MR) is 104 cm³/mol. The molecule has 0 saturated carbocycles. The summed E-state index contributed by atoms with van der Waals surface area (Å²) < 4.78 is 5.06. The number of hydrogen-bond acceptors (Lipinski definition) is 4. The highest BCUT2D eigenvalue weighted by Gasteiger charge is 2.49. The van der Waals surface area contributed by atoms with Crippen LogP contribution in [-0.2, 0) is 14.4 Å². The monoisotopic (exact) mass is 359 g/mol. The third kappa shape index (κ3) is 3.32. The van der Waals surface area contributed by atoms with Gasteiger partial charge in [0.15, 0.2) is 6.10 Å². The van der Waals surface area contributed by atoms with Crippen LogP contribution in [0.2, 0.25) is 0 Å². The number of methoxy groups -OCH3 is 1. The van der Waals surface area contributed by atoms with Crippen LogP contribution in [0.15, 0.2) is 91.0 Å². The van der Waals surface area contributed by atoms with E-state index in [1.807, 2.05) is 83.9 Å². The molecule has 1 saturated heterocycles. The average Bonchev–Trinajstić information content (AvgIpc) is 3.16. The highest BCUT2D eigenvalue weighted by atomic mass is 16.7. The summed E-state index contributed by atoms with van der Waals surface area (Å²) in [7, 11) is 1.40. The smallest absolute Gasteiger partial charge is 0.338 e. The number of nitrogens with zero attached hydrogens (tertiary/aromatic N) is 1. The normalized spacial score (nSPS) is 21.8. The van der Waals surface area contributed by atoms with E-state index in [4.69, 9.17) is 9.57 Å². The van der Waals surface area contributed by atoms with Gasteiger partial charge >= 0.3 is 5.97 Å². The Bertz CT molecular complexity index is 883. The van der Waals surface area contributed by atoms with E-state index in [0.717, 1.165) is 16.8 Å². The number of hydroxylamine groups is 1. The number of benzene rings is 3. The minimum Gasteiger partial charge on any atom is -0.467 e. The molecular weight excluding hydrogens is 338 g/mol. The first-order valence-electron chi connectivity index (χ1n) is 8.98. The topological polar surface area (TPSA) is 38.8 Å². The van der Waals surface area contributed by atoms with Crippen LogP contribution in [0.3, 0.4) is 0 Å². The Kier molecular flexibility index (Phi) is 4.90. The van der Waals surface area contributed by atoms with Crippen molar-refractivity contribution >= 4 is 11.7 Å². The molecule has 4 heteroatoms. The number of carbonyl (C=O) groups excluding carboxylic acids is 1. The third-order valence-corrected chi connectivity index (χ3v) is 4.92.